The van der Waals surface area contributed by atoms with E-state index in [4.69, 9.17) is 11.6 Å². The van der Waals surface area contributed by atoms with Gasteiger partial charge in [-0.05, 0) is 67.7 Å². The highest BCUT2D eigenvalue weighted by atomic mass is 35.5. The number of hydrogen-bond donors (Lipinski definition) is 3. The number of fused-ring (bicyclic) bond motifs is 1. The summed E-state index contributed by atoms with van der Waals surface area (Å²) in [4.78, 5) is 23.9. The summed E-state index contributed by atoms with van der Waals surface area (Å²) in [5.41, 5.74) is 2.72. The van der Waals surface area contributed by atoms with E-state index in [-0.39, 0.29) is 29.2 Å². The van der Waals surface area contributed by atoms with E-state index in [9.17, 15) is 14.3 Å². The molecule has 0 saturated heterocycles. The number of carbonyl (C=O) groups excluding carboxylic acids is 1. The first-order valence-electron chi connectivity index (χ1n) is 11.3. The molecule has 1 aromatic carbocycles. The lowest BCUT2D eigenvalue weighted by molar-refractivity contribution is 0.182. The van der Waals surface area contributed by atoms with Crippen molar-refractivity contribution >= 4 is 23.6 Å². The zero-order valence-corrected chi connectivity index (χ0v) is 18.5. The molecule has 32 heavy (non-hydrogen) atoms. The molecule has 2 aromatic rings. The van der Waals surface area contributed by atoms with Crippen LogP contribution in [0.3, 0.4) is 0 Å². The Morgan fingerprint density at radius 1 is 1.28 bits per heavy atom. The average molecular weight is 460 g/mol. The van der Waals surface area contributed by atoms with Crippen molar-refractivity contribution in [3.63, 3.8) is 0 Å². The lowest BCUT2D eigenvalue weighted by Crippen LogP contribution is -2.44. The Balaban J connectivity index is 1.26. The predicted molar refractivity (Wildman–Crippen MR) is 119 cm³/mol. The standard InChI is InChI=1S/C23H27ClFN5O2/c24-18-9-14(3-6-19(18)25)21(13-1-2-13)29-23(32)30-8-7-15-11-26-22(28-20(15)12-30)27-16-4-5-17(31)10-16/h3,6,9,11,13,16-17,21,31H,1-2,4-5,7-8,10,12H2,(H,29,32)(H,26,27,28). The molecule has 2 heterocycles. The van der Waals surface area contributed by atoms with Crippen LogP contribution in [-0.4, -0.2) is 44.7 Å². The molecule has 0 radical (unpaired) electrons. The molecular weight excluding hydrogens is 433 g/mol. The molecule has 2 saturated carbocycles. The summed E-state index contributed by atoms with van der Waals surface area (Å²) in [7, 11) is 0. The van der Waals surface area contributed by atoms with Crippen molar-refractivity contribution in [3.05, 3.63) is 52.1 Å². The van der Waals surface area contributed by atoms with Crippen LogP contribution in [0.5, 0.6) is 0 Å². The third-order valence-electron chi connectivity index (χ3n) is 6.65. The number of nitrogens with one attached hydrogen (secondary N) is 2. The second kappa shape index (κ2) is 8.83. The second-order valence-corrected chi connectivity index (χ2v) is 9.49. The maximum Gasteiger partial charge on any atom is 0.318 e. The highest BCUT2D eigenvalue weighted by Gasteiger charge is 2.35. The van der Waals surface area contributed by atoms with Gasteiger partial charge >= 0.3 is 6.03 Å². The normalized spacial score (nSPS) is 23.5. The number of anilines is 1. The monoisotopic (exact) mass is 459 g/mol. The van der Waals surface area contributed by atoms with Gasteiger partial charge < -0.3 is 20.6 Å². The molecule has 2 amide bonds. The third-order valence-corrected chi connectivity index (χ3v) is 6.94. The number of halogens is 2. The molecule has 5 rings (SSSR count). The van der Waals surface area contributed by atoms with Gasteiger partial charge in [-0.2, -0.15) is 0 Å². The van der Waals surface area contributed by atoms with Gasteiger partial charge in [-0.3, -0.25) is 0 Å². The molecule has 7 nitrogen and oxygen atoms in total. The van der Waals surface area contributed by atoms with E-state index < -0.39 is 5.82 Å². The Morgan fingerprint density at radius 3 is 2.84 bits per heavy atom. The molecule has 3 N–H and O–H groups in total. The highest BCUT2D eigenvalue weighted by Crippen LogP contribution is 2.42. The lowest BCUT2D eigenvalue weighted by Gasteiger charge is -2.30. The summed E-state index contributed by atoms with van der Waals surface area (Å²) in [5, 5.41) is 16.3. The van der Waals surface area contributed by atoms with Gasteiger partial charge in [0, 0.05) is 18.8 Å². The molecule has 3 atom stereocenters. The van der Waals surface area contributed by atoms with Crippen LogP contribution < -0.4 is 10.6 Å². The molecule has 1 aromatic heterocycles. The molecule has 2 fully saturated rings. The van der Waals surface area contributed by atoms with Crippen LogP contribution in [-0.2, 0) is 13.0 Å². The van der Waals surface area contributed by atoms with Gasteiger partial charge in [-0.25, -0.2) is 19.2 Å². The van der Waals surface area contributed by atoms with E-state index >= 15 is 0 Å². The van der Waals surface area contributed by atoms with Crippen molar-refractivity contribution in [2.75, 3.05) is 11.9 Å². The number of rotatable bonds is 5. The van der Waals surface area contributed by atoms with Gasteiger partial charge in [-0.1, -0.05) is 17.7 Å². The molecule has 3 aliphatic rings. The molecule has 9 heteroatoms. The number of aliphatic hydroxyl groups is 1. The fraction of sp³-hybridized carbons (Fsp3) is 0.522. The third kappa shape index (κ3) is 4.66. The molecule has 3 unspecified atom stereocenters. The number of hydrogen-bond acceptors (Lipinski definition) is 5. The first-order chi connectivity index (χ1) is 15.5. The van der Waals surface area contributed by atoms with Gasteiger partial charge in [0.1, 0.15) is 5.82 Å². The Hall–Kier alpha value is -2.45. The number of amides is 2. The quantitative estimate of drug-likeness (QED) is 0.632. The number of carbonyl (C=O) groups is 1. The molecule has 170 valence electrons. The topological polar surface area (TPSA) is 90.4 Å². The zero-order chi connectivity index (χ0) is 22.2. The van der Waals surface area contributed by atoms with Crippen molar-refractivity contribution in [1.29, 1.82) is 0 Å². The number of aliphatic hydroxyl groups excluding tert-OH is 1. The Kier molecular flexibility index (Phi) is 5.90. The van der Waals surface area contributed by atoms with Crippen LogP contribution in [0.4, 0.5) is 15.1 Å². The molecular formula is C23H27ClFN5O2. The van der Waals surface area contributed by atoms with Crippen molar-refractivity contribution in [2.24, 2.45) is 5.92 Å². The van der Waals surface area contributed by atoms with Gasteiger partial charge in [0.25, 0.3) is 0 Å². The predicted octanol–water partition coefficient (Wildman–Crippen LogP) is 3.81. The van der Waals surface area contributed by atoms with E-state index in [2.05, 4.69) is 20.6 Å². The SMILES string of the molecule is O=C(NC(c1ccc(F)c(Cl)c1)C1CC1)N1CCc2cnc(NC3CCC(O)C3)nc2C1. The summed E-state index contributed by atoms with van der Waals surface area (Å²) in [5.74, 6) is 0.430. The van der Waals surface area contributed by atoms with Crippen molar-refractivity contribution in [2.45, 2.75) is 63.3 Å². The summed E-state index contributed by atoms with van der Waals surface area (Å²) in [6.07, 6.45) is 6.71. The number of urea groups is 1. The van der Waals surface area contributed by atoms with E-state index in [1.54, 1.807) is 17.0 Å². The fourth-order valence-corrected chi connectivity index (χ4v) is 4.84. The summed E-state index contributed by atoms with van der Waals surface area (Å²) < 4.78 is 13.6. The summed E-state index contributed by atoms with van der Waals surface area (Å²) in [6.45, 7) is 0.999. The first kappa shape index (κ1) is 21.4. The minimum absolute atomic E-state index is 0.0702. The van der Waals surface area contributed by atoms with Crippen LogP contribution in [0.1, 0.15) is 55.0 Å². The molecule has 2 aliphatic carbocycles. The van der Waals surface area contributed by atoms with E-state index in [1.807, 2.05) is 6.20 Å². The largest absolute Gasteiger partial charge is 0.393 e. The summed E-state index contributed by atoms with van der Waals surface area (Å²) >= 11 is 5.98. The van der Waals surface area contributed by atoms with Crippen molar-refractivity contribution in [1.82, 2.24) is 20.2 Å². The van der Waals surface area contributed by atoms with Gasteiger partial charge in [0.05, 0.1) is 29.4 Å². The Labute approximate surface area is 191 Å². The van der Waals surface area contributed by atoms with Crippen LogP contribution in [0.15, 0.2) is 24.4 Å². The Morgan fingerprint density at radius 2 is 2.12 bits per heavy atom. The van der Waals surface area contributed by atoms with Gasteiger partial charge in [0.15, 0.2) is 0 Å². The lowest BCUT2D eigenvalue weighted by atomic mass is 10.0. The van der Waals surface area contributed by atoms with Crippen molar-refractivity contribution < 1.29 is 14.3 Å². The molecule has 0 bridgehead atoms. The molecule has 1 aliphatic heterocycles. The van der Waals surface area contributed by atoms with Gasteiger partial charge in [-0.15, -0.1) is 0 Å². The van der Waals surface area contributed by atoms with Gasteiger partial charge in [0.2, 0.25) is 5.95 Å². The zero-order valence-electron chi connectivity index (χ0n) is 17.7. The van der Waals surface area contributed by atoms with Crippen molar-refractivity contribution in [3.8, 4) is 0 Å². The Bertz CT molecular complexity index is 1020. The first-order valence-corrected chi connectivity index (χ1v) is 11.6. The average Bonchev–Trinajstić information content (AvgIpc) is 3.55. The highest BCUT2D eigenvalue weighted by molar-refractivity contribution is 6.30. The van der Waals surface area contributed by atoms with E-state index in [1.165, 1.54) is 6.07 Å². The second-order valence-electron chi connectivity index (χ2n) is 9.08. The minimum atomic E-state index is -0.458. The van der Waals surface area contributed by atoms with E-state index in [0.29, 0.717) is 37.8 Å². The fourth-order valence-electron chi connectivity index (χ4n) is 4.65. The molecule has 0 spiro atoms. The van der Waals surface area contributed by atoms with Crippen LogP contribution in [0.25, 0.3) is 0 Å². The summed E-state index contributed by atoms with van der Waals surface area (Å²) in [6, 6.07) is 4.49. The van der Waals surface area contributed by atoms with E-state index in [0.717, 1.165) is 42.5 Å². The number of aromatic nitrogens is 2. The smallest absolute Gasteiger partial charge is 0.318 e. The number of nitrogens with zero attached hydrogens (tertiary/aromatic N) is 3. The minimum Gasteiger partial charge on any atom is -0.393 e. The number of benzene rings is 1. The maximum absolute atomic E-state index is 13.6. The maximum atomic E-state index is 13.6. The van der Waals surface area contributed by atoms with Crippen LogP contribution in [0, 0.1) is 11.7 Å². The van der Waals surface area contributed by atoms with Crippen LogP contribution in [0.2, 0.25) is 5.02 Å². The van der Waals surface area contributed by atoms with Crippen LogP contribution >= 0.6 is 11.6 Å².